The van der Waals surface area contributed by atoms with Crippen molar-refractivity contribution in [3.8, 4) is 17.2 Å². The summed E-state index contributed by atoms with van der Waals surface area (Å²) in [4.78, 5) is 4.12. The van der Waals surface area contributed by atoms with E-state index in [2.05, 4.69) is 44.0 Å². The van der Waals surface area contributed by atoms with Gasteiger partial charge in [0.05, 0.1) is 19.8 Å². The van der Waals surface area contributed by atoms with E-state index in [0.717, 1.165) is 47.6 Å². The third-order valence-electron chi connectivity index (χ3n) is 6.01. The van der Waals surface area contributed by atoms with Gasteiger partial charge in [-0.15, -0.1) is 0 Å². The summed E-state index contributed by atoms with van der Waals surface area (Å²) in [6, 6.07) is 8.13. The number of hydrogen-bond donors (Lipinski definition) is 0. The lowest BCUT2D eigenvalue weighted by molar-refractivity contribution is 0.234. The quantitative estimate of drug-likeness (QED) is 0.177. The van der Waals surface area contributed by atoms with Crippen molar-refractivity contribution in [3.63, 3.8) is 0 Å². The van der Waals surface area contributed by atoms with Gasteiger partial charge in [0.1, 0.15) is 0 Å². The van der Waals surface area contributed by atoms with Gasteiger partial charge >= 0.3 is 0 Å². The molecule has 4 nitrogen and oxygen atoms in total. The second kappa shape index (κ2) is 18.8. The Kier molecular flexibility index (Phi) is 15.4. The minimum absolute atomic E-state index is 0.676. The highest BCUT2D eigenvalue weighted by Crippen LogP contribution is 2.41. The summed E-state index contributed by atoms with van der Waals surface area (Å²) >= 11 is 0. The second-order valence-electron chi connectivity index (χ2n) is 9.15. The van der Waals surface area contributed by atoms with Crippen molar-refractivity contribution >= 4 is 12.2 Å². The first-order valence-electron chi connectivity index (χ1n) is 13.9. The van der Waals surface area contributed by atoms with Gasteiger partial charge in [-0.2, -0.15) is 0 Å². The monoisotopic (exact) mass is 481 g/mol. The Hall–Kier alpha value is -2.49. The summed E-state index contributed by atoms with van der Waals surface area (Å²) in [7, 11) is 0. The van der Waals surface area contributed by atoms with E-state index in [4.69, 9.17) is 14.2 Å². The standard InChI is InChI=1S/C31H47NO3/c1-4-7-10-13-24-33-29-19-18-28(17-16-27-20-22-32-23-21-27)30(34-25-14-11-8-5-2)31(29)35-26-15-12-9-6-3/h16-23H,4-15,24-26H2,1-3H3/b17-16+. The van der Waals surface area contributed by atoms with Gasteiger partial charge in [-0.05, 0) is 49.1 Å². The van der Waals surface area contributed by atoms with Crippen molar-refractivity contribution in [1.29, 1.82) is 0 Å². The molecule has 0 aliphatic rings. The number of unbranched alkanes of at least 4 members (excludes halogenated alkanes) is 9. The molecule has 1 aromatic heterocycles. The van der Waals surface area contributed by atoms with Gasteiger partial charge in [-0.25, -0.2) is 0 Å². The Labute approximate surface area is 214 Å². The lowest BCUT2D eigenvalue weighted by atomic mass is 10.1. The zero-order chi connectivity index (χ0) is 25.0. The van der Waals surface area contributed by atoms with Gasteiger partial charge in [0.15, 0.2) is 11.5 Å². The van der Waals surface area contributed by atoms with Crippen LogP contribution in [0.25, 0.3) is 12.2 Å². The molecule has 0 fully saturated rings. The Morgan fingerprint density at radius 1 is 0.571 bits per heavy atom. The van der Waals surface area contributed by atoms with Crippen molar-refractivity contribution in [2.75, 3.05) is 19.8 Å². The molecule has 0 saturated carbocycles. The van der Waals surface area contributed by atoms with E-state index in [9.17, 15) is 0 Å². The molecule has 0 unspecified atom stereocenters. The van der Waals surface area contributed by atoms with Crippen LogP contribution in [0.3, 0.4) is 0 Å². The molecule has 0 atom stereocenters. The van der Waals surface area contributed by atoms with Crippen molar-refractivity contribution < 1.29 is 14.2 Å². The Morgan fingerprint density at radius 3 is 1.69 bits per heavy atom. The molecule has 4 heteroatoms. The molecule has 0 aliphatic carbocycles. The van der Waals surface area contributed by atoms with Crippen LogP contribution in [0.15, 0.2) is 36.7 Å². The van der Waals surface area contributed by atoms with Gasteiger partial charge in [-0.3, -0.25) is 4.98 Å². The number of rotatable bonds is 20. The molecule has 1 heterocycles. The lowest BCUT2D eigenvalue weighted by Gasteiger charge is -2.19. The number of aromatic nitrogens is 1. The molecular formula is C31H47NO3. The highest BCUT2D eigenvalue weighted by atomic mass is 16.5. The first-order chi connectivity index (χ1) is 17.3. The Morgan fingerprint density at radius 2 is 1.11 bits per heavy atom. The van der Waals surface area contributed by atoms with Crippen LogP contribution < -0.4 is 14.2 Å². The molecule has 0 amide bonds. The zero-order valence-electron chi connectivity index (χ0n) is 22.4. The maximum Gasteiger partial charge on any atom is 0.204 e. The summed E-state index contributed by atoms with van der Waals surface area (Å²) in [5, 5.41) is 0. The van der Waals surface area contributed by atoms with Gasteiger partial charge in [-0.1, -0.05) is 90.7 Å². The fourth-order valence-corrected chi connectivity index (χ4v) is 3.87. The Bertz CT molecular complexity index is 819. The molecule has 0 aliphatic heterocycles. The average Bonchev–Trinajstić information content (AvgIpc) is 2.89. The third kappa shape index (κ3) is 11.7. The van der Waals surface area contributed by atoms with Gasteiger partial charge < -0.3 is 14.2 Å². The van der Waals surface area contributed by atoms with Gasteiger partial charge in [0.25, 0.3) is 0 Å². The predicted molar refractivity (Wildman–Crippen MR) is 149 cm³/mol. The van der Waals surface area contributed by atoms with E-state index >= 15 is 0 Å². The topological polar surface area (TPSA) is 40.6 Å². The smallest absolute Gasteiger partial charge is 0.204 e. The average molecular weight is 482 g/mol. The molecule has 0 N–H and O–H groups in total. The van der Waals surface area contributed by atoms with Crippen LogP contribution in [0, 0.1) is 0 Å². The fourth-order valence-electron chi connectivity index (χ4n) is 3.87. The maximum absolute atomic E-state index is 6.40. The van der Waals surface area contributed by atoms with E-state index in [1.54, 1.807) is 0 Å². The molecule has 0 radical (unpaired) electrons. The molecule has 194 valence electrons. The molecule has 0 bridgehead atoms. The van der Waals surface area contributed by atoms with E-state index in [1.165, 1.54) is 57.8 Å². The highest BCUT2D eigenvalue weighted by Gasteiger charge is 2.17. The van der Waals surface area contributed by atoms with Crippen LogP contribution in [0.4, 0.5) is 0 Å². The highest BCUT2D eigenvalue weighted by molar-refractivity contribution is 5.75. The van der Waals surface area contributed by atoms with Crippen molar-refractivity contribution in [2.24, 2.45) is 0 Å². The summed E-state index contributed by atoms with van der Waals surface area (Å²) < 4.78 is 19.0. The van der Waals surface area contributed by atoms with Gasteiger partial charge in [0, 0.05) is 18.0 Å². The summed E-state index contributed by atoms with van der Waals surface area (Å²) in [6.45, 7) is 8.75. The molecule has 35 heavy (non-hydrogen) atoms. The van der Waals surface area contributed by atoms with E-state index in [-0.39, 0.29) is 0 Å². The van der Waals surface area contributed by atoms with Crippen LogP contribution in [0.2, 0.25) is 0 Å². The normalized spacial score (nSPS) is 11.2. The second-order valence-corrected chi connectivity index (χ2v) is 9.15. The number of hydrogen-bond acceptors (Lipinski definition) is 4. The number of pyridine rings is 1. The summed E-state index contributed by atoms with van der Waals surface area (Å²) in [5.74, 6) is 2.35. The van der Waals surface area contributed by atoms with E-state index < -0.39 is 0 Å². The van der Waals surface area contributed by atoms with E-state index in [0.29, 0.717) is 19.8 Å². The van der Waals surface area contributed by atoms with Gasteiger partial charge in [0.2, 0.25) is 5.75 Å². The number of benzene rings is 1. The minimum Gasteiger partial charge on any atom is -0.490 e. The van der Waals surface area contributed by atoms with E-state index in [1.807, 2.05) is 30.6 Å². The van der Waals surface area contributed by atoms with Crippen LogP contribution in [0.1, 0.15) is 109 Å². The van der Waals surface area contributed by atoms with Crippen molar-refractivity contribution in [3.05, 3.63) is 47.8 Å². The largest absolute Gasteiger partial charge is 0.490 e. The first-order valence-corrected chi connectivity index (χ1v) is 13.9. The molecule has 0 saturated heterocycles. The molecule has 2 aromatic rings. The lowest BCUT2D eigenvalue weighted by Crippen LogP contribution is -2.07. The van der Waals surface area contributed by atoms with Crippen LogP contribution in [0.5, 0.6) is 17.2 Å². The molecule has 2 rings (SSSR count). The minimum atomic E-state index is 0.676. The SMILES string of the molecule is CCCCCCOc1ccc(/C=C/c2ccncc2)c(OCCCCCC)c1OCCCCCC. The van der Waals surface area contributed by atoms with Crippen LogP contribution >= 0.6 is 0 Å². The number of ether oxygens (including phenoxy) is 3. The fraction of sp³-hybridized carbons (Fsp3) is 0.581. The van der Waals surface area contributed by atoms with Crippen LogP contribution in [-0.4, -0.2) is 24.8 Å². The molecule has 1 aromatic carbocycles. The zero-order valence-corrected chi connectivity index (χ0v) is 22.4. The van der Waals surface area contributed by atoms with Crippen LogP contribution in [-0.2, 0) is 0 Å². The Balaban J connectivity index is 2.25. The number of nitrogens with zero attached hydrogens (tertiary/aromatic N) is 1. The molecule has 0 spiro atoms. The third-order valence-corrected chi connectivity index (χ3v) is 6.01. The first kappa shape index (κ1) is 28.7. The maximum atomic E-state index is 6.40. The van der Waals surface area contributed by atoms with Crippen molar-refractivity contribution in [1.82, 2.24) is 4.98 Å². The van der Waals surface area contributed by atoms with Crippen molar-refractivity contribution in [2.45, 2.75) is 97.8 Å². The predicted octanol–water partition coefficient (Wildman–Crippen LogP) is 9.13. The summed E-state index contributed by atoms with van der Waals surface area (Å²) in [5.41, 5.74) is 2.12. The summed E-state index contributed by atoms with van der Waals surface area (Å²) in [6.07, 6.45) is 21.9. The molecular weight excluding hydrogens is 434 g/mol.